The van der Waals surface area contributed by atoms with Crippen LogP contribution in [-0.4, -0.2) is 14.5 Å². The van der Waals surface area contributed by atoms with Gasteiger partial charge in [0.05, 0.1) is 11.0 Å². The zero-order chi connectivity index (χ0) is 36.7. The Morgan fingerprint density at radius 3 is 1.61 bits per heavy atom. The molecule has 1 aliphatic heterocycles. The first-order valence-corrected chi connectivity index (χ1v) is 21.1. The van der Waals surface area contributed by atoms with Crippen molar-refractivity contribution in [2.24, 2.45) is 0 Å². The van der Waals surface area contributed by atoms with Gasteiger partial charge in [-0.1, -0.05) is 48.5 Å². The second kappa shape index (κ2) is 12.4. The summed E-state index contributed by atoms with van der Waals surface area (Å²) in [5.41, 5.74) is 15.6. The Hall–Kier alpha value is -6.63. The van der Waals surface area contributed by atoms with Crippen molar-refractivity contribution in [3.05, 3.63) is 195 Å². The first-order valence-electron chi connectivity index (χ1n) is 18.9. The van der Waals surface area contributed by atoms with Crippen molar-refractivity contribution in [2.45, 2.75) is 0 Å². The van der Waals surface area contributed by atoms with E-state index in [-0.39, 0.29) is 21.2 Å². The van der Waals surface area contributed by atoms with E-state index in [1.54, 1.807) is 12.4 Å². The second-order valence-electron chi connectivity index (χ2n) is 14.5. The van der Waals surface area contributed by atoms with E-state index in [4.69, 9.17) is 9.97 Å². The average molecular weight is 825 g/mol. The average Bonchev–Trinajstić information content (AvgIpc) is 3.82. The van der Waals surface area contributed by atoms with Crippen LogP contribution in [0.25, 0.3) is 105 Å². The number of hydrogen-bond donors (Lipinski definition) is 0. The van der Waals surface area contributed by atoms with E-state index in [2.05, 4.69) is 180 Å². The van der Waals surface area contributed by atoms with Gasteiger partial charge in [-0.15, -0.1) is 0 Å². The van der Waals surface area contributed by atoms with Gasteiger partial charge in [0.2, 0.25) is 0 Å². The Kier molecular flexibility index (Phi) is 7.05. The third-order valence-electron chi connectivity index (χ3n) is 11.4. The fraction of sp³-hybridized carbons (Fsp3) is 0. The summed E-state index contributed by atoms with van der Waals surface area (Å²) >= 11 is -0.238. The van der Waals surface area contributed by atoms with Crippen molar-refractivity contribution in [3.63, 3.8) is 0 Å². The molecule has 0 amide bonds. The maximum atomic E-state index is 4.87. The molecule has 4 heteroatoms. The second-order valence-corrected chi connectivity index (χ2v) is 17.3. The molecule has 0 fully saturated rings. The van der Waals surface area contributed by atoms with E-state index in [9.17, 15) is 0 Å². The number of para-hydroxylation sites is 2. The summed E-state index contributed by atoms with van der Waals surface area (Å²) in [6.45, 7) is 0. The van der Waals surface area contributed by atoms with Gasteiger partial charge in [0.25, 0.3) is 0 Å². The summed E-state index contributed by atoms with van der Waals surface area (Å²) in [4.78, 5) is 9.75. The van der Waals surface area contributed by atoms with Gasteiger partial charge >= 0.3 is 225 Å². The van der Waals surface area contributed by atoms with Crippen LogP contribution in [0.4, 0.5) is 0 Å². The van der Waals surface area contributed by atoms with Gasteiger partial charge < -0.3 is 4.57 Å². The van der Waals surface area contributed by atoms with E-state index >= 15 is 0 Å². The molecule has 0 atom stereocenters. The molecule has 2 aromatic heterocycles. The normalized spacial score (nSPS) is 12.4. The molecule has 0 saturated heterocycles. The van der Waals surface area contributed by atoms with Crippen molar-refractivity contribution >= 4 is 54.4 Å². The molecule has 3 heterocycles. The summed E-state index contributed by atoms with van der Waals surface area (Å²) in [6, 6.07) is 64.8. The van der Waals surface area contributed by atoms with E-state index in [0.717, 1.165) is 27.5 Å². The zero-order valence-corrected chi connectivity index (χ0v) is 32.3. The maximum absolute atomic E-state index is 4.87. The molecule has 0 radical (unpaired) electrons. The third-order valence-corrected chi connectivity index (χ3v) is 14.6. The molecule has 11 aromatic rings. The molecule has 56 heavy (non-hydrogen) atoms. The molecule has 0 saturated carbocycles. The van der Waals surface area contributed by atoms with Crippen LogP contribution in [0.2, 0.25) is 0 Å². The Bertz CT molecular complexity index is 3360. The number of hydrogen-bond acceptors (Lipinski definition) is 2. The summed E-state index contributed by atoms with van der Waals surface area (Å²) in [5.74, 6) is 0. The fourth-order valence-corrected chi connectivity index (χ4v) is 12.1. The quantitative estimate of drug-likeness (QED) is 0.131. The fourth-order valence-electron chi connectivity index (χ4n) is 8.86. The van der Waals surface area contributed by atoms with Crippen LogP contribution >= 0.6 is 0 Å². The molecule has 9 aromatic carbocycles. The molecule has 1 aliphatic rings. The summed E-state index contributed by atoms with van der Waals surface area (Å²) in [6.07, 6.45) is 3.61. The Morgan fingerprint density at radius 2 is 0.893 bits per heavy atom. The number of rotatable bonds is 4. The van der Waals surface area contributed by atoms with E-state index < -0.39 is 0 Å². The van der Waals surface area contributed by atoms with Crippen molar-refractivity contribution in [1.82, 2.24) is 14.5 Å². The van der Waals surface area contributed by atoms with Crippen LogP contribution in [0.3, 0.4) is 0 Å². The number of nitrogens with zero attached hydrogens (tertiary/aromatic N) is 3. The summed E-state index contributed by atoms with van der Waals surface area (Å²) < 4.78 is 5.42. The van der Waals surface area contributed by atoms with Gasteiger partial charge in [0.15, 0.2) is 0 Å². The van der Waals surface area contributed by atoms with Crippen molar-refractivity contribution in [1.29, 1.82) is 0 Å². The Balaban J connectivity index is 1.01. The zero-order valence-electron chi connectivity index (χ0n) is 30.1. The number of fused-ring (bicyclic) bond motifs is 12. The molecular weight excluding hydrogens is 793 g/mol. The topological polar surface area (TPSA) is 30.7 Å². The Labute approximate surface area is 333 Å². The monoisotopic (exact) mass is 824 g/mol. The van der Waals surface area contributed by atoms with Crippen LogP contribution in [0, 0.1) is 7.14 Å². The molecule has 3 nitrogen and oxygen atoms in total. The van der Waals surface area contributed by atoms with Gasteiger partial charge in [-0.25, -0.2) is 0 Å². The van der Waals surface area contributed by atoms with Crippen LogP contribution < -0.4 is 21.2 Å². The summed E-state index contributed by atoms with van der Waals surface area (Å²) in [7, 11) is 0. The summed E-state index contributed by atoms with van der Waals surface area (Å²) in [5, 5.41) is 7.10. The number of halogens is 1. The van der Waals surface area contributed by atoms with Crippen molar-refractivity contribution < 1.29 is 21.2 Å². The van der Waals surface area contributed by atoms with Crippen LogP contribution in [-0.2, 0) is 0 Å². The van der Waals surface area contributed by atoms with E-state index in [1.807, 2.05) is 0 Å². The van der Waals surface area contributed by atoms with Gasteiger partial charge in [0.1, 0.15) is 0 Å². The van der Waals surface area contributed by atoms with Crippen LogP contribution in [0.15, 0.2) is 188 Å². The minimum atomic E-state index is -0.238. The first-order chi connectivity index (χ1) is 27.8. The van der Waals surface area contributed by atoms with Crippen molar-refractivity contribution in [3.8, 4) is 50.2 Å². The van der Waals surface area contributed by atoms with E-state index in [1.165, 1.54) is 84.2 Å². The standard InChI is InChI=1S/C52H31IN3/c1-4-19-47-39(14-1)42-18-9-17-38(50(42)53-47)36-12-7-10-32(28-36)34-22-24-43-45(30-34)46-31-35(23-25-44(46)52-51(43)54-26-27-55-52)33-11-8-13-37(29-33)56-48-20-5-2-15-40(48)41-16-3-6-21-49(41)56/h1-31H/q-1. The van der Waals surface area contributed by atoms with Crippen molar-refractivity contribution in [2.75, 3.05) is 0 Å². The van der Waals surface area contributed by atoms with Crippen LogP contribution in [0.1, 0.15) is 0 Å². The molecule has 0 N–H and O–H groups in total. The van der Waals surface area contributed by atoms with Gasteiger partial charge in [-0.2, -0.15) is 0 Å². The molecule has 0 spiro atoms. The van der Waals surface area contributed by atoms with Gasteiger partial charge in [-0.3, -0.25) is 0 Å². The molecule has 0 unspecified atom stereocenters. The minimum absolute atomic E-state index is 0.238. The molecule has 0 bridgehead atoms. The molecule has 0 aliphatic carbocycles. The van der Waals surface area contributed by atoms with Gasteiger partial charge in [0, 0.05) is 22.7 Å². The predicted molar refractivity (Wildman–Crippen MR) is 228 cm³/mol. The molecule has 262 valence electrons. The molecular formula is C52H31IN3-. The predicted octanol–water partition coefficient (Wildman–Crippen LogP) is 10.1. The van der Waals surface area contributed by atoms with Gasteiger partial charge in [-0.05, 0) is 24.3 Å². The number of benzene rings is 9. The first kappa shape index (κ1) is 31.7. The number of aromatic nitrogens is 3. The SMILES string of the molecule is c1cc(-c2ccc3c(c2)c2cc(-c4cccc(-n5c6ccccc6c6ccccc65)c4)ccc2c2nccnc32)cc(-c2cccc3c2[I-]c2ccccc2-3)c1. The van der Waals surface area contributed by atoms with E-state index in [0.29, 0.717) is 0 Å². The molecule has 12 rings (SSSR count). The third kappa shape index (κ3) is 4.82. The Morgan fingerprint density at radius 1 is 0.357 bits per heavy atom. The van der Waals surface area contributed by atoms with Crippen LogP contribution in [0.5, 0.6) is 0 Å².